The van der Waals surface area contributed by atoms with Crippen LogP contribution in [0.3, 0.4) is 0 Å². The minimum Gasteiger partial charge on any atom is -0.507 e. The predicted octanol–water partition coefficient (Wildman–Crippen LogP) is 4.80. The maximum absolute atomic E-state index is 13.4. The number of benzene rings is 1. The molecule has 0 radical (unpaired) electrons. The second-order valence-electron chi connectivity index (χ2n) is 8.80. The van der Waals surface area contributed by atoms with Gasteiger partial charge < -0.3 is 15.3 Å². The number of alkyl halides is 3. The first-order valence-corrected chi connectivity index (χ1v) is 10.8. The van der Waals surface area contributed by atoms with E-state index in [-0.39, 0.29) is 12.0 Å². The largest absolute Gasteiger partial charge is 0.507 e. The summed E-state index contributed by atoms with van der Waals surface area (Å²) in [5.74, 6) is 0.146. The Balaban J connectivity index is 1.62. The van der Waals surface area contributed by atoms with Crippen LogP contribution in [0, 0.1) is 0 Å². The molecule has 0 amide bonds. The molecule has 0 spiro atoms. The van der Waals surface area contributed by atoms with Crippen LogP contribution in [-0.2, 0) is 6.18 Å². The summed E-state index contributed by atoms with van der Waals surface area (Å²) in [5.41, 5.74) is 0.327. The Morgan fingerprint density at radius 2 is 1.94 bits per heavy atom. The van der Waals surface area contributed by atoms with Gasteiger partial charge in [-0.2, -0.15) is 13.2 Å². The van der Waals surface area contributed by atoms with E-state index in [1.165, 1.54) is 0 Å². The van der Waals surface area contributed by atoms with Crippen LogP contribution in [0.2, 0.25) is 0 Å². The highest BCUT2D eigenvalue weighted by molar-refractivity contribution is 6.01. The molecular formula is C23H24F3N5O. The highest BCUT2D eigenvalue weighted by Crippen LogP contribution is 2.50. The first-order valence-electron chi connectivity index (χ1n) is 10.8. The molecular weight excluding hydrogens is 419 g/mol. The minimum absolute atomic E-state index is 0.0209. The number of anilines is 1. The summed E-state index contributed by atoms with van der Waals surface area (Å²) in [6.45, 7) is 1.94. The van der Waals surface area contributed by atoms with Crippen LogP contribution in [0.5, 0.6) is 5.75 Å². The number of likely N-dealkylation sites (N-methyl/N-ethyl adjacent to an activating group) is 1. The monoisotopic (exact) mass is 443 g/mol. The summed E-state index contributed by atoms with van der Waals surface area (Å²) in [6.07, 6.45) is 2.44. The molecule has 168 valence electrons. The minimum atomic E-state index is -4.53. The van der Waals surface area contributed by atoms with Gasteiger partial charge in [0.05, 0.1) is 5.56 Å². The van der Waals surface area contributed by atoms with Crippen LogP contribution >= 0.6 is 0 Å². The lowest BCUT2D eigenvalue weighted by atomic mass is 9.94. The molecule has 2 fully saturated rings. The van der Waals surface area contributed by atoms with Gasteiger partial charge in [-0.05, 0) is 69.0 Å². The number of piperidine rings is 1. The molecule has 1 atom stereocenters. The molecule has 1 aliphatic heterocycles. The van der Waals surface area contributed by atoms with Crippen molar-refractivity contribution in [2.75, 3.05) is 25.5 Å². The molecule has 0 unspecified atom stereocenters. The number of hydrogen-bond donors (Lipinski definition) is 2. The van der Waals surface area contributed by atoms with Crippen LogP contribution in [0.1, 0.15) is 42.7 Å². The van der Waals surface area contributed by atoms with Crippen LogP contribution in [0.15, 0.2) is 30.6 Å². The number of likely N-dealkylation sites (tertiary alicyclic amines) is 1. The highest BCUT2D eigenvalue weighted by atomic mass is 19.4. The Morgan fingerprint density at radius 3 is 2.66 bits per heavy atom. The van der Waals surface area contributed by atoms with Gasteiger partial charge in [0.2, 0.25) is 0 Å². The zero-order valence-corrected chi connectivity index (χ0v) is 17.7. The van der Waals surface area contributed by atoms with Gasteiger partial charge in [-0.3, -0.25) is 4.98 Å². The van der Waals surface area contributed by atoms with Gasteiger partial charge in [0.15, 0.2) is 5.82 Å². The molecule has 3 aromatic rings. The molecule has 1 saturated carbocycles. The summed E-state index contributed by atoms with van der Waals surface area (Å²) in [4.78, 5) is 6.48. The lowest BCUT2D eigenvalue weighted by Crippen LogP contribution is -2.40. The maximum Gasteiger partial charge on any atom is 0.416 e. The fourth-order valence-corrected chi connectivity index (χ4v) is 4.55. The van der Waals surface area contributed by atoms with Crippen molar-refractivity contribution >= 4 is 16.6 Å². The van der Waals surface area contributed by atoms with Crippen molar-refractivity contribution < 1.29 is 18.3 Å². The molecule has 1 aliphatic carbocycles. The molecule has 9 heteroatoms. The number of aromatic hydroxyl groups is 1. The number of aromatic nitrogens is 3. The van der Waals surface area contributed by atoms with Gasteiger partial charge >= 0.3 is 6.18 Å². The number of rotatable bonds is 4. The van der Waals surface area contributed by atoms with Crippen molar-refractivity contribution in [1.29, 1.82) is 0 Å². The summed E-state index contributed by atoms with van der Waals surface area (Å²) in [7, 11) is 2.08. The van der Waals surface area contributed by atoms with Crippen LogP contribution in [-0.4, -0.2) is 51.4 Å². The highest BCUT2D eigenvalue weighted by Gasteiger charge is 2.36. The standard InChI is InChI=1S/C23H24F3N5O/c1-31-8-2-3-15(12-31)28-22-18-11-27-7-6-16(18)21(29-30-22)20-17(13-4-5-13)9-14(10-19(20)32)23(24,25)26/h6-7,9-11,13,15,32H,2-5,8,12H2,1H3,(H,28,30)/t15-/m1/s1. The van der Waals surface area contributed by atoms with E-state index in [4.69, 9.17) is 0 Å². The first-order chi connectivity index (χ1) is 15.3. The third-order valence-corrected chi connectivity index (χ3v) is 6.28. The lowest BCUT2D eigenvalue weighted by molar-refractivity contribution is -0.137. The van der Waals surface area contributed by atoms with Crippen molar-refractivity contribution in [2.24, 2.45) is 0 Å². The van der Waals surface area contributed by atoms with Gasteiger partial charge in [-0.25, -0.2) is 0 Å². The van der Waals surface area contributed by atoms with E-state index < -0.39 is 17.5 Å². The van der Waals surface area contributed by atoms with Gasteiger partial charge in [0, 0.05) is 41.3 Å². The molecule has 6 nitrogen and oxygen atoms in total. The summed E-state index contributed by atoms with van der Waals surface area (Å²) in [6, 6.07) is 3.91. The lowest BCUT2D eigenvalue weighted by Gasteiger charge is -2.30. The number of hydrogen-bond acceptors (Lipinski definition) is 6. The van der Waals surface area contributed by atoms with Crippen LogP contribution in [0.4, 0.5) is 19.0 Å². The molecule has 3 heterocycles. The quantitative estimate of drug-likeness (QED) is 0.604. The maximum atomic E-state index is 13.4. The molecule has 1 aromatic carbocycles. The fraction of sp³-hybridized carbons (Fsp3) is 0.435. The van der Waals surface area contributed by atoms with Crippen LogP contribution in [0.25, 0.3) is 22.0 Å². The topological polar surface area (TPSA) is 74.2 Å². The number of fused-ring (bicyclic) bond motifs is 1. The Hall–Kier alpha value is -2.94. The summed E-state index contributed by atoms with van der Waals surface area (Å²) in [5, 5.41) is 24.3. The average Bonchev–Trinajstić information content (AvgIpc) is 3.59. The van der Waals surface area contributed by atoms with Gasteiger partial charge in [0.1, 0.15) is 11.4 Å². The van der Waals surface area contributed by atoms with Gasteiger partial charge in [-0.1, -0.05) is 0 Å². The van der Waals surface area contributed by atoms with E-state index >= 15 is 0 Å². The smallest absolute Gasteiger partial charge is 0.416 e. The number of pyridine rings is 1. The normalized spacial score (nSPS) is 19.9. The molecule has 1 saturated heterocycles. The average molecular weight is 443 g/mol. The van der Waals surface area contributed by atoms with Crippen LogP contribution < -0.4 is 5.32 Å². The van der Waals surface area contributed by atoms with Gasteiger partial charge in [0.25, 0.3) is 0 Å². The summed E-state index contributed by atoms with van der Waals surface area (Å²) >= 11 is 0. The van der Waals surface area contributed by atoms with Gasteiger partial charge in [-0.15, -0.1) is 10.2 Å². The van der Waals surface area contributed by atoms with Crippen molar-refractivity contribution in [3.05, 3.63) is 41.7 Å². The Labute approximate surface area is 183 Å². The number of nitrogens with zero attached hydrogens (tertiary/aromatic N) is 4. The van der Waals surface area contributed by atoms with E-state index in [2.05, 4.69) is 32.4 Å². The zero-order chi connectivity index (χ0) is 22.5. The number of phenolic OH excluding ortho intramolecular Hbond substituents is 1. The Kier molecular flexibility index (Phi) is 5.16. The second-order valence-corrected chi connectivity index (χ2v) is 8.80. The predicted molar refractivity (Wildman–Crippen MR) is 116 cm³/mol. The van der Waals surface area contributed by atoms with Crippen molar-refractivity contribution in [2.45, 2.75) is 43.8 Å². The Bertz CT molecular complexity index is 1160. The zero-order valence-electron chi connectivity index (χ0n) is 17.7. The first kappa shape index (κ1) is 20.9. The van der Waals surface area contributed by atoms with Crippen molar-refractivity contribution in [3.63, 3.8) is 0 Å². The molecule has 0 bridgehead atoms. The molecule has 2 N–H and O–H groups in total. The Morgan fingerprint density at radius 1 is 1.12 bits per heavy atom. The number of phenols is 1. The number of halogens is 3. The van der Waals surface area contributed by atoms with E-state index in [0.29, 0.717) is 28.0 Å². The van der Waals surface area contributed by atoms with Crippen molar-refractivity contribution in [3.8, 4) is 17.0 Å². The number of nitrogens with one attached hydrogen (secondary N) is 1. The fourth-order valence-electron chi connectivity index (χ4n) is 4.55. The molecule has 2 aliphatic rings. The molecule has 32 heavy (non-hydrogen) atoms. The van der Waals surface area contributed by atoms with E-state index in [1.54, 1.807) is 18.5 Å². The third-order valence-electron chi connectivity index (χ3n) is 6.28. The second kappa shape index (κ2) is 7.88. The SMILES string of the molecule is CN1CCC[C@@H](Nc2nnc(-c3c(O)cc(C(F)(F)F)cc3C3CC3)c3ccncc23)C1. The summed E-state index contributed by atoms with van der Waals surface area (Å²) < 4.78 is 40.1. The third kappa shape index (κ3) is 3.97. The van der Waals surface area contributed by atoms with E-state index in [9.17, 15) is 18.3 Å². The van der Waals surface area contributed by atoms with Crippen molar-refractivity contribution in [1.82, 2.24) is 20.1 Å². The molecule has 2 aromatic heterocycles. The van der Waals surface area contributed by atoms with E-state index in [1.807, 2.05) is 0 Å². The molecule has 5 rings (SSSR count). The van der Waals surface area contributed by atoms with E-state index in [0.717, 1.165) is 56.3 Å².